The highest BCUT2D eigenvalue weighted by Gasteiger charge is 2.18. The van der Waals surface area contributed by atoms with Gasteiger partial charge in [0, 0.05) is 17.6 Å². The summed E-state index contributed by atoms with van der Waals surface area (Å²) < 4.78 is 10.4. The predicted octanol–water partition coefficient (Wildman–Crippen LogP) is 3.24. The molecule has 126 valence electrons. The quantitative estimate of drug-likeness (QED) is 0.594. The highest BCUT2D eigenvalue weighted by atomic mass is 32.2. The van der Waals surface area contributed by atoms with E-state index >= 15 is 0 Å². The van der Waals surface area contributed by atoms with Crippen LogP contribution in [-0.2, 0) is 9.53 Å². The van der Waals surface area contributed by atoms with E-state index in [4.69, 9.17) is 9.47 Å². The van der Waals surface area contributed by atoms with Crippen molar-refractivity contribution >= 4 is 29.3 Å². The Labute approximate surface area is 145 Å². The number of hydrogen-bond donors (Lipinski definition) is 0. The van der Waals surface area contributed by atoms with E-state index in [1.165, 1.54) is 12.0 Å². The minimum absolute atomic E-state index is 0.297. The second-order valence-electron chi connectivity index (χ2n) is 4.93. The van der Waals surface area contributed by atoms with Gasteiger partial charge < -0.3 is 14.4 Å². The van der Waals surface area contributed by atoms with Gasteiger partial charge in [0.15, 0.2) is 6.61 Å². The lowest BCUT2D eigenvalue weighted by Gasteiger charge is -2.17. The lowest BCUT2D eigenvalue weighted by molar-refractivity contribution is -0.121. The summed E-state index contributed by atoms with van der Waals surface area (Å²) in [6.07, 6.45) is 1.94. The molecule has 0 aliphatic rings. The van der Waals surface area contributed by atoms with E-state index in [2.05, 4.69) is 0 Å². The highest BCUT2D eigenvalue weighted by molar-refractivity contribution is 7.98. The van der Waals surface area contributed by atoms with Crippen molar-refractivity contribution in [3.05, 3.63) is 54.1 Å². The predicted molar refractivity (Wildman–Crippen MR) is 94.9 cm³/mol. The van der Waals surface area contributed by atoms with Crippen LogP contribution in [0.15, 0.2) is 53.4 Å². The number of methoxy groups -OCH3 is 1. The molecule has 0 atom stereocenters. The molecular formula is C18H19NO4S. The summed E-state index contributed by atoms with van der Waals surface area (Å²) in [5.41, 5.74) is 1.03. The van der Waals surface area contributed by atoms with Crippen LogP contribution in [0.2, 0.25) is 0 Å². The van der Waals surface area contributed by atoms with Crippen LogP contribution in [0.5, 0.6) is 5.75 Å². The van der Waals surface area contributed by atoms with E-state index in [1.807, 2.05) is 42.7 Å². The van der Waals surface area contributed by atoms with E-state index in [9.17, 15) is 9.59 Å². The molecule has 0 saturated heterocycles. The molecule has 5 nitrogen and oxygen atoms in total. The number of hydrogen-bond acceptors (Lipinski definition) is 5. The summed E-state index contributed by atoms with van der Waals surface area (Å²) in [6.45, 7) is -0.336. The van der Waals surface area contributed by atoms with Crippen LogP contribution in [0, 0.1) is 0 Å². The third kappa shape index (κ3) is 4.29. The Bertz CT molecular complexity index is 718. The second-order valence-corrected chi connectivity index (χ2v) is 5.81. The summed E-state index contributed by atoms with van der Waals surface area (Å²) >= 11 is 1.55. The molecule has 0 heterocycles. The lowest BCUT2D eigenvalue weighted by Crippen LogP contribution is -2.31. The Balaban J connectivity index is 2.01. The van der Waals surface area contributed by atoms with E-state index in [1.54, 1.807) is 30.9 Å². The molecule has 0 aliphatic carbocycles. The molecule has 2 aromatic carbocycles. The fourth-order valence-corrected chi connectivity index (χ4v) is 2.49. The van der Waals surface area contributed by atoms with Crippen LogP contribution in [0.1, 0.15) is 10.4 Å². The van der Waals surface area contributed by atoms with Crippen molar-refractivity contribution < 1.29 is 19.1 Å². The first-order valence-electron chi connectivity index (χ1n) is 7.27. The first-order valence-corrected chi connectivity index (χ1v) is 8.50. The average molecular weight is 345 g/mol. The number of benzene rings is 2. The maximum absolute atomic E-state index is 12.2. The largest absolute Gasteiger partial charge is 0.496 e. The zero-order chi connectivity index (χ0) is 17.5. The Morgan fingerprint density at radius 2 is 1.83 bits per heavy atom. The highest BCUT2D eigenvalue weighted by Crippen LogP contribution is 2.26. The Hall–Kier alpha value is -2.47. The molecule has 0 saturated carbocycles. The van der Waals surface area contributed by atoms with Crippen LogP contribution in [0.3, 0.4) is 0 Å². The summed E-state index contributed by atoms with van der Waals surface area (Å²) in [6, 6.07) is 14.4. The van der Waals surface area contributed by atoms with Crippen LogP contribution >= 0.6 is 11.8 Å². The lowest BCUT2D eigenvalue weighted by atomic mass is 10.2. The van der Waals surface area contributed by atoms with Crippen molar-refractivity contribution in [1.82, 2.24) is 0 Å². The molecule has 0 unspecified atom stereocenters. The monoisotopic (exact) mass is 345 g/mol. The van der Waals surface area contributed by atoms with Crippen LogP contribution in [0.4, 0.5) is 5.69 Å². The van der Waals surface area contributed by atoms with E-state index in [0.717, 1.165) is 10.6 Å². The number of carbonyl (C=O) groups is 2. The van der Waals surface area contributed by atoms with Gasteiger partial charge in [-0.05, 0) is 36.6 Å². The molecule has 0 radical (unpaired) electrons. The number of para-hydroxylation sites is 1. The number of thioether (sulfide) groups is 1. The number of ether oxygens (including phenoxy) is 2. The van der Waals surface area contributed by atoms with Crippen molar-refractivity contribution in [3.8, 4) is 5.75 Å². The average Bonchev–Trinajstić information content (AvgIpc) is 2.65. The van der Waals surface area contributed by atoms with Gasteiger partial charge >= 0.3 is 5.97 Å². The van der Waals surface area contributed by atoms with Gasteiger partial charge in [-0.1, -0.05) is 18.2 Å². The normalized spacial score (nSPS) is 10.1. The first-order chi connectivity index (χ1) is 11.6. The number of amides is 1. The molecule has 0 aliphatic heterocycles. The van der Waals surface area contributed by atoms with Gasteiger partial charge in [-0.15, -0.1) is 11.8 Å². The van der Waals surface area contributed by atoms with Gasteiger partial charge in [0.05, 0.1) is 7.11 Å². The molecule has 0 N–H and O–H groups in total. The number of likely N-dealkylation sites (N-methyl/N-ethyl adjacent to an activating group) is 1. The van der Waals surface area contributed by atoms with Crippen molar-refractivity contribution in [2.75, 3.05) is 31.9 Å². The zero-order valence-electron chi connectivity index (χ0n) is 13.8. The van der Waals surface area contributed by atoms with Crippen LogP contribution in [0.25, 0.3) is 0 Å². The topological polar surface area (TPSA) is 55.8 Å². The van der Waals surface area contributed by atoms with Gasteiger partial charge in [0.1, 0.15) is 11.3 Å². The molecule has 0 aromatic heterocycles. The number of rotatable bonds is 6. The number of nitrogens with zero attached hydrogens (tertiary/aromatic N) is 1. The van der Waals surface area contributed by atoms with Crippen molar-refractivity contribution in [2.45, 2.75) is 4.90 Å². The molecule has 0 fully saturated rings. The van der Waals surface area contributed by atoms with E-state index in [-0.39, 0.29) is 12.5 Å². The fourth-order valence-electron chi connectivity index (χ4n) is 2.06. The molecule has 2 aromatic rings. The first kappa shape index (κ1) is 17.9. The summed E-state index contributed by atoms with van der Waals surface area (Å²) in [5.74, 6) is -0.473. The Morgan fingerprint density at radius 3 is 2.46 bits per heavy atom. The van der Waals surface area contributed by atoms with Crippen molar-refractivity contribution in [1.29, 1.82) is 0 Å². The van der Waals surface area contributed by atoms with Gasteiger partial charge in [-0.3, -0.25) is 4.79 Å². The smallest absolute Gasteiger partial charge is 0.342 e. The molecule has 1 amide bonds. The minimum atomic E-state index is -0.589. The Morgan fingerprint density at radius 1 is 1.12 bits per heavy atom. The third-order valence-electron chi connectivity index (χ3n) is 3.47. The van der Waals surface area contributed by atoms with Gasteiger partial charge in [-0.2, -0.15) is 0 Å². The van der Waals surface area contributed by atoms with Gasteiger partial charge in [-0.25, -0.2) is 4.79 Å². The Kier molecular flexibility index (Phi) is 6.26. The minimum Gasteiger partial charge on any atom is -0.496 e. The maximum Gasteiger partial charge on any atom is 0.342 e. The molecule has 0 spiro atoms. The van der Waals surface area contributed by atoms with Gasteiger partial charge in [0.25, 0.3) is 5.91 Å². The molecule has 6 heteroatoms. The summed E-state index contributed by atoms with van der Waals surface area (Å²) in [5, 5.41) is 0. The number of carbonyl (C=O) groups excluding carboxylic acids is 2. The van der Waals surface area contributed by atoms with Crippen LogP contribution in [-0.4, -0.2) is 38.9 Å². The van der Waals surface area contributed by atoms with E-state index < -0.39 is 5.97 Å². The summed E-state index contributed by atoms with van der Waals surface area (Å²) in [7, 11) is 3.13. The summed E-state index contributed by atoms with van der Waals surface area (Å²) in [4.78, 5) is 26.8. The van der Waals surface area contributed by atoms with E-state index in [0.29, 0.717) is 11.3 Å². The molecule has 24 heavy (non-hydrogen) atoms. The third-order valence-corrected chi connectivity index (χ3v) is 4.20. The SMILES string of the molecule is COc1cc(SC)ccc1C(=O)OCC(=O)N(C)c1ccccc1. The second kappa shape index (κ2) is 8.40. The fraction of sp³-hybridized carbons (Fsp3) is 0.222. The molecule has 0 bridgehead atoms. The maximum atomic E-state index is 12.2. The van der Waals surface area contributed by atoms with Crippen molar-refractivity contribution in [3.63, 3.8) is 0 Å². The van der Waals surface area contributed by atoms with Gasteiger partial charge in [0.2, 0.25) is 0 Å². The van der Waals surface area contributed by atoms with Crippen LogP contribution < -0.4 is 9.64 Å². The number of esters is 1. The standard InChI is InChI=1S/C18H19NO4S/c1-19(13-7-5-4-6-8-13)17(20)12-23-18(21)15-10-9-14(24-3)11-16(15)22-2/h4-11H,12H2,1-3H3. The molecule has 2 rings (SSSR count). The number of anilines is 1. The molecular weight excluding hydrogens is 326 g/mol. The zero-order valence-corrected chi connectivity index (χ0v) is 14.6. The van der Waals surface area contributed by atoms with Crippen molar-refractivity contribution in [2.24, 2.45) is 0 Å².